The average molecular weight is 169 g/mol. The minimum atomic E-state index is -0.218. The van der Waals surface area contributed by atoms with E-state index in [0.717, 1.165) is 6.54 Å². The van der Waals surface area contributed by atoms with Gasteiger partial charge in [0.05, 0.1) is 13.7 Å². The quantitative estimate of drug-likeness (QED) is 0.451. The molecule has 0 saturated carbocycles. The van der Waals surface area contributed by atoms with Gasteiger partial charge in [-0.2, -0.15) is 0 Å². The normalized spacial score (nSPS) is 10.6. The second kappa shape index (κ2) is 6.61. The average Bonchev–Trinajstić information content (AvgIpc) is 2.05. The maximum Gasteiger partial charge on any atom is 0.319 e. The molecule has 0 radical (unpaired) electrons. The maximum atomic E-state index is 10.7. The Morgan fingerprint density at radius 2 is 2.33 bits per heavy atom. The summed E-state index contributed by atoms with van der Waals surface area (Å²) in [7, 11) is 3.24. The van der Waals surface area contributed by atoms with Gasteiger partial charge in [-0.05, 0) is 7.05 Å². The molecule has 0 amide bonds. The van der Waals surface area contributed by atoms with Crippen molar-refractivity contribution in [1.82, 2.24) is 4.90 Å². The Balaban J connectivity index is 3.58. The summed E-state index contributed by atoms with van der Waals surface area (Å²) in [5.74, 6) is -0.218. The Kier molecular flexibility index (Phi) is 6.01. The van der Waals surface area contributed by atoms with Gasteiger partial charge in [0, 0.05) is 6.54 Å². The first-order chi connectivity index (χ1) is 5.70. The van der Waals surface area contributed by atoms with Crippen LogP contribution in [0.1, 0.15) is 0 Å². The number of likely N-dealkylation sites (N-methyl/N-ethyl adjacent to an activating group) is 1. The van der Waals surface area contributed by atoms with Gasteiger partial charge in [0.1, 0.15) is 0 Å². The van der Waals surface area contributed by atoms with Gasteiger partial charge in [-0.15, -0.1) is 0 Å². The molecule has 0 fully saturated rings. The highest BCUT2D eigenvalue weighted by molar-refractivity contribution is 5.71. The molecule has 0 bridgehead atoms. The monoisotopic (exact) mass is 169 g/mol. The van der Waals surface area contributed by atoms with Crippen LogP contribution in [-0.2, 0) is 9.53 Å². The molecule has 0 rings (SSSR count). The molecule has 68 valence electrons. The van der Waals surface area contributed by atoms with Crippen LogP contribution in [0.2, 0.25) is 0 Å². The highest BCUT2D eigenvalue weighted by Crippen LogP contribution is 1.85. The molecular formula is C9H15NO2. The van der Waals surface area contributed by atoms with Crippen molar-refractivity contribution < 1.29 is 9.53 Å². The first kappa shape index (κ1) is 10.9. The van der Waals surface area contributed by atoms with Crippen molar-refractivity contribution in [3.05, 3.63) is 24.8 Å². The molecule has 0 aromatic carbocycles. The van der Waals surface area contributed by atoms with E-state index in [9.17, 15) is 4.79 Å². The van der Waals surface area contributed by atoms with Crippen LogP contribution in [0, 0.1) is 0 Å². The molecule has 0 aromatic heterocycles. The van der Waals surface area contributed by atoms with Crippen LogP contribution >= 0.6 is 0 Å². The predicted octanol–water partition coefficient (Wildman–Crippen LogP) is 0.833. The van der Waals surface area contributed by atoms with Crippen molar-refractivity contribution >= 4 is 5.97 Å². The number of nitrogens with zero attached hydrogens (tertiary/aromatic N) is 1. The molecule has 3 nitrogen and oxygen atoms in total. The fourth-order valence-corrected chi connectivity index (χ4v) is 0.687. The minimum Gasteiger partial charge on any atom is -0.468 e. The Morgan fingerprint density at radius 1 is 1.67 bits per heavy atom. The highest BCUT2D eigenvalue weighted by atomic mass is 16.5. The van der Waals surface area contributed by atoms with Crippen LogP contribution < -0.4 is 0 Å². The first-order valence-electron chi connectivity index (χ1n) is 3.73. The zero-order valence-corrected chi connectivity index (χ0v) is 7.62. The number of methoxy groups -OCH3 is 1. The van der Waals surface area contributed by atoms with E-state index < -0.39 is 0 Å². The van der Waals surface area contributed by atoms with Gasteiger partial charge in [0.2, 0.25) is 0 Å². The third kappa shape index (κ3) is 5.68. The summed E-state index contributed by atoms with van der Waals surface area (Å²) in [5.41, 5.74) is 0. The molecule has 0 spiro atoms. The molecule has 0 aromatic rings. The number of hydrogen-bond donors (Lipinski definition) is 0. The number of carbonyl (C=O) groups is 1. The molecule has 12 heavy (non-hydrogen) atoms. The maximum absolute atomic E-state index is 10.7. The largest absolute Gasteiger partial charge is 0.468 e. The van der Waals surface area contributed by atoms with Gasteiger partial charge in [-0.25, -0.2) is 0 Å². The number of hydrogen-bond acceptors (Lipinski definition) is 3. The lowest BCUT2D eigenvalue weighted by molar-refractivity contribution is -0.141. The third-order valence-corrected chi connectivity index (χ3v) is 1.32. The van der Waals surface area contributed by atoms with E-state index in [1.165, 1.54) is 7.11 Å². The zero-order chi connectivity index (χ0) is 9.40. The Bertz CT molecular complexity index is 175. The molecule has 0 aliphatic heterocycles. The summed E-state index contributed by atoms with van der Waals surface area (Å²) >= 11 is 0. The van der Waals surface area contributed by atoms with E-state index in [2.05, 4.69) is 11.3 Å². The number of ether oxygens (including phenoxy) is 1. The number of allylic oxidation sites excluding steroid dienone is 2. The fourth-order valence-electron chi connectivity index (χ4n) is 0.687. The van der Waals surface area contributed by atoms with Crippen LogP contribution in [0.5, 0.6) is 0 Å². The van der Waals surface area contributed by atoms with E-state index >= 15 is 0 Å². The lowest BCUT2D eigenvalue weighted by Crippen LogP contribution is -2.26. The van der Waals surface area contributed by atoms with E-state index in [0.29, 0.717) is 6.54 Å². The Hall–Kier alpha value is -1.09. The highest BCUT2D eigenvalue weighted by Gasteiger charge is 2.02. The van der Waals surface area contributed by atoms with Gasteiger partial charge in [0.15, 0.2) is 0 Å². The second-order valence-electron chi connectivity index (χ2n) is 2.44. The summed E-state index contributed by atoms with van der Waals surface area (Å²) in [5, 5.41) is 0. The van der Waals surface area contributed by atoms with E-state index in [1.54, 1.807) is 6.08 Å². The van der Waals surface area contributed by atoms with Crippen molar-refractivity contribution in [3.8, 4) is 0 Å². The molecule has 0 N–H and O–H groups in total. The van der Waals surface area contributed by atoms with Crippen molar-refractivity contribution in [3.63, 3.8) is 0 Å². The summed E-state index contributed by atoms with van der Waals surface area (Å²) in [6, 6.07) is 0. The van der Waals surface area contributed by atoms with E-state index in [4.69, 9.17) is 0 Å². The summed E-state index contributed by atoms with van der Waals surface area (Å²) in [6.07, 6.45) is 5.47. The third-order valence-electron chi connectivity index (χ3n) is 1.32. The van der Waals surface area contributed by atoms with Crippen molar-refractivity contribution in [2.45, 2.75) is 0 Å². The number of carbonyl (C=O) groups excluding carboxylic acids is 1. The van der Waals surface area contributed by atoms with Crippen LogP contribution in [-0.4, -0.2) is 38.1 Å². The molecule has 0 unspecified atom stereocenters. The molecule has 3 heteroatoms. The van der Waals surface area contributed by atoms with E-state index in [-0.39, 0.29) is 5.97 Å². The van der Waals surface area contributed by atoms with Crippen LogP contribution in [0.25, 0.3) is 0 Å². The second-order valence-corrected chi connectivity index (χ2v) is 2.44. The van der Waals surface area contributed by atoms with Crippen LogP contribution in [0.15, 0.2) is 24.8 Å². The van der Waals surface area contributed by atoms with Gasteiger partial charge < -0.3 is 4.74 Å². The lowest BCUT2D eigenvalue weighted by Gasteiger charge is -2.11. The molecule has 0 aliphatic carbocycles. The molecular weight excluding hydrogens is 154 g/mol. The predicted molar refractivity (Wildman–Crippen MR) is 48.9 cm³/mol. The topological polar surface area (TPSA) is 29.5 Å². The van der Waals surface area contributed by atoms with Crippen molar-refractivity contribution in [2.24, 2.45) is 0 Å². The Labute approximate surface area is 73.3 Å². The molecule has 0 aliphatic rings. The van der Waals surface area contributed by atoms with Gasteiger partial charge >= 0.3 is 5.97 Å². The minimum absolute atomic E-state index is 0.218. The standard InChI is InChI=1S/C9H15NO2/c1-4-5-6-7-10(2)8-9(11)12-3/h4-6H,1,7-8H2,2-3H3/b6-5-. The van der Waals surface area contributed by atoms with E-state index in [1.807, 2.05) is 24.1 Å². The first-order valence-corrected chi connectivity index (χ1v) is 3.73. The SMILES string of the molecule is C=C/C=C\CN(C)CC(=O)OC. The number of esters is 1. The molecule has 0 saturated heterocycles. The van der Waals surface area contributed by atoms with Gasteiger partial charge in [0.25, 0.3) is 0 Å². The number of rotatable bonds is 5. The zero-order valence-electron chi connectivity index (χ0n) is 7.62. The van der Waals surface area contributed by atoms with Crippen molar-refractivity contribution in [1.29, 1.82) is 0 Å². The van der Waals surface area contributed by atoms with Gasteiger partial charge in [-0.3, -0.25) is 9.69 Å². The van der Waals surface area contributed by atoms with Crippen LogP contribution in [0.3, 0.4) is 0 Å². The van der Waals surface area contributed by atoms with Gasteiger partial charge in [-0.1, -0.05) is 24.8 Å². The summed E-state index contributed by atoms with van der Waals surface area (Å²) in [4.78, 5) is 12.6. The Morgan fingerprint density at radius 3 is 2.83 bits per heavy atom. The fraction of sp³-hybridized carbons (Fsp3) is 0.444. The smallest absolute Gasteiger partial charge is 0.319 e. The summed E-state index contributed by atoms with van der Waals surface area (Å²) in [6.45, 7) is 4.58. The van der Waals surface area contributed by atoms with Crippen molar-refractivity contribution in [2.75, 3.05) is 27.2 Å². The van der Waals surface area contributed by atoms with Crippen LogP contribution in [0.4, 0.5) is 0 Å². The lowest BCUT2D eigenvalue weighted by atomic mass is 10.4. The molecule has 0 atom stereocenters. The summed E-state index contributed by atoms with van der Waals surface area (Å²) < 4.78 is 4.50. The molecule has 0 heterocycles.